The fraction of sp³-hybridized carbons (Fsp3) is 0.378. The molecule has 1 aliphatic heterocycles. The van der Waals surface area contributed by atoms with E-state index in [9.17, 15) is 19.2 Å². The van der Waals surface area contributed by atoms with Gasteiger partial charge in [-0.3, -0.25) is 14.4 Å². The summed E-state index contributed by atoms with van der Waals surface area (Å²) in [5.74, 6) is 1.72. The Morgan fingerprint density at radius 3 is 2.42 bits per heavy atom. The van der Waals surface area contributed by atoms with Crippen molar-refractivity contribution in [1.82, 2.24) is 40.4 Å². The molecule has 0 bridgehead atoms. The maximum Gasteiger partial charge on any atom is 0.407 e. The zero-order valence-corrected chi connectivity index (χ0v) is 33.7. The number of imidazole rings is 2. The third-order valence-electron chi connectivity index (χ3n) is 11.2. The summed E-state index contributed by atoms with van der Waals surface area (Å²) in [5, 5.41) is 5.50. The zero-order chi connectivity index (χ0) is 41.0. The third kappa shape index (κ3) is 8.57. The Morgan fingerprint density at radius 2 is 1.66 bits per heavy atom. The molecule has 306 valence electrons. The summed E-state index contributed by atoms with van der Waals surface area (Å²) in [6.07, 6.45) is 5.96. The van der Waals surface area contributed by atoms with Crippen LogP contribution in [0.5, 0.6) is 5.75 Å². The van der Waals surface area contributed by atoms with Crippen molar-refractivity contribution in [3.8, 4) is 39.4 Å². The van der Waals surface area contributed by atoms with Gasteiger partial charge in [-0.2, -0.15) is 0 Å². The number of nitrogens with zero attached hydrogens (tertiary/aromatic N) is 4. The van der Waals surface area contributed by atoms with Crippen LogP contribution in [0.3, 0.4) is 0 Å². The highest BCUT2D eigenvalue weighted by atomic mass is 16.5. The van der Waals surface area contributed by atoms with Crippen LogP contribution < -0.4 is 15.4 Å². The van der Waals surface area contributed by atoms with Crippen molar-refractivity contribution in [1.29, 1.82) is 0 Å². The van der Waals surface area contributed by atoms with E-state index in [2.05, 4.69) is 60.7 Å². The zero-order valence-electron chi connectivity index (χ0n) is 33.7. The van der Waals surface area contributed by atoms with Gasteiger partial charge < -0.3 is 39.9 Å². The maximum atomic E-state index is 14.2. The fourth-order valence-electron chi connectivity index (χ4n) is 7.99. The number of fused-ring (bicyclic) bond motifs is 6. The molecule has 2 aliphatic carbocycles. The van der Waals surface area contributed by atoms with Gasteiger partial charge in [0.15, 0.2) is 0 Å². The molecule has 8 rings (SSSR count). The van der Waals surface area contributed by atoms with Gasteiger partial charge in [-0.1, -0.05) is 56.3 Å². The Hall–Kier alpha value is -6.44. The lowest BCUT2D eigenvalue weighted by Gasteiger charge is -2.27. The van der Waals surface area contributed by atoms with Crippen LogP contribution >= 0.6 is 0 Å². The number of ether oxygens (including phenoxy) is 2. The first-order chi connectivity index (χ1) is 28.7. The van der Waals surface area contributed by atoms with Gasteiger partial charge in [0.1, 0.15) is 36.6 Å². The van der Waals surface area contributed by atoms with E-state index in [1.54, 1.807) is 16.0 Å². The number of H-pyrrole nitrogens is 2. The Kier molecular flexibility index (Phi) is 11.5. The minimum Gasteiger partial charge on any atom is -0.488 e. The number of aromatic amines is 2. The number of nitrogens with one attached hydrogen (secondary N) is 4. The maximum absolute atomic E-state index is 14.2. The minimum absolute atomic E-state index is 0.0131. The number of carbonyl (C=O) groups is 4. The molecule has 2 aromatic heterocycles. The van der Waals surface area contributed by atoms with Crippen LogP contribution in [0.4, 0.5) is 4.79 Å². The van der Waals surface area contributed by atoms with E-state index < -0.39 is 12.1 Å². The van der Waals surface area contributed by atoms with Crippen LogP contribution in [-0.4, -0.2) is 80.3 Å². The number of benzene rings is 3. The van der Waals surface area contributed by atoms with Gasteiger partial charge in [0.2, 0.25) is 17.7 Å². The Morgan fingerprint density at radius 1 is 0.881 bits per heavy atom. The summed E-state index contributed by atoms with van der Waals surface area (Å²) in [7, 11) is 1.26. The molecule has 4 amide bonds. The molecule has 0 unspecified atom stereocenters. The molecule has 0 spiro atoms. The van der Waals surface area contributed by atoms with Gasteiger partial charge in [-0.15, -0.1) is 0 Å². The summed E-state index contributed by atoms with van der Waals surface area (Å²) in [6, 6.07) is 19.4. The number of amides is 4. The van der Waals surface area contributed by atoms with E-state index in [0.717, 1.165) is 94.7 Å². The van der Waals surface area contributed by atoms with Crippen LogP contribution in [0, 0.1) is 5.92 Å². The summed E-state index contributed by atoms with van der Waals surface area (Å²) in [5.41, 5.74) is 9.95. The Bertz CT molecular complexity index is 2370. The molecule has 3 aliphatic rings. The van der Waals surface area contributed by atoms with Crippen molar-refractivity contribution < 1.29 is 28.7 Å². The average molecular weight is 799 g/mol. The van der Waals surface area contributed by atoms with E-state index in [0.29, 0.717) is 37.9 Å². The van der Waals surface area contributed by atoms with Crippen LogP contribution in [0.25, 0.3) is 33.6 Å². The van der Waals surface area contributed by atoms with Crippen molar-refractivity contribution in [2.45, 2.75) is 78.1 Å². The standard InChI is InChI=1S/C45H50N8O6/c1-4-17-52(40(54)23-47-45(57)58-3)24-38-46-22-36(49-38)30-13-15-32-31(19-30)26-59-37-21-33-29(20-34(32)37)14-16-35-42(33)50-39(48-35)25-53(18-5-2)44(56)41(27-9-7-6-8-10-27)51-43(55)28-11-12-28/h6-10,13,15,19-22,28,41H,4-5,11-12,14,16-18,23-26H2,1-3H3,(H,46,49)(H,47,57)(H,48,50)(H,51,55)/t41-/m1/s1. The summed E-state index contributed by atoms with van der Waals surface area (Å²) >= 11 is 0. The molecule has 59 heavy (non-hydrogen) atoms. The normalized spacial score (nSPS) is 14.1. The second-order valence-corrected chi connectivity index (χ2v) is 15.5. The topological polar surface area (TPSA) is 175 Å². The van der Waals surface area contributed by atoms with E-state index in [4.69, 9.17) is 9.72 Å². The Balaban J connectivity index is 0.986. The van der Waals surface area contributed by atoms with Gasteiger partial charge >= 0.3 is 6.09 Å². The number of rotatable bonds is 15. The number of carbonyl (C=O) groups excluding carboxylic acids is 4. The van der Waals surface area contributed by atoms with Gasteiger partial charge in [0, 0.05) is 30.1 Å². The molecule has 5 aromatic rings. The molecule has 1 fully saturated rings. The van der Waals surface area contributed by atoms with E-state index >= 15 is 0 Å². The number of hydrogen-bond acceptors (Lipinski definition) is 8. The fourth-order valence-corrected chi connectivity index (χ4v) is 7.99. The minimum atomic E-state index is -0.761. The number of alkyl carbamates (subject to hydrolysis) is 1. The first kappa shape index (κ1) is 39.4. The SMILES string of the molecule is CCCN(Cc1ncc(-c2ccc3c(c2)COc2cc4c(cc2-3)CCc2nc(CN(CCC)C(=O)[C@H](NC(=O)C3CC3)c3ccccc3)[nH]c2-4)[nH]1)C(=O)CNC(=O)OC. The number of aryl methyl sites for hydroxylation is 2. The summed E-state index contributed by atoms with van der Waals surface area (Å²) in [6.45, 7) is 5.92. The van der Waals surface area contributed by atoms with Crippen LogP contribution in [-0.2, 0) is 51.7 Å². The van der Waals surface area contributed by atoms with Crippen molar-refractivity contribution in [3.63, 3.8) is 0 Å². The molecular weight excluding hydrogens is 749 g/mol. The number of methoxy groups -OCH3 is 1. The van der Waals surface area contributed by atoms with Crippen molar-refractivity contribution in [2.24, 2.45) is 5.92 Å². The lowest BCUT2D eigenvalue weighted by Crippen LogP contribution is -2.43. The lowest BCUT2D eigenvalue weighted by atomic mass is 9.86. The van der Waals surface area contributed by atoms with E-state index in [-0.39, 0.29) is 36.7 Å². The number of hydrogen-bond donors (Lipinski definition) is 4. The highest BCUT2D eigenvalue weighted by Crippen LogP contribution is 2.44. The first-order valence-corrected chi connectivity index (χ1v) is 20.5. The second-order valence-electron chi connectivity index (χ2n) is 15.5. The molecule has 14 nitrogen and oxygen atoms in total. The van der Waals surface area contributed by atoms with Crippen LogP contribution in [0.1, 0.15) is 79.6 Å². The monoisotopic (exact) mass is 798 g/mol. The highest BCUT2D eigenvalue weighted by Gasteiger charge is 2.35. The van der Waals surface area contributed by atoms with Crippen molar-refractivity contribution in [2.75, 3.05) is 26.7 Å². The molecule has 14 heteroatoms. The van der Waals surface area contributed by atoms with Crippen LogP contribution in [0.15, 0.2) is 66.9 Å². The molecule has 3 aromatic carbocycles. The Labute approximate surface area is 343 Å². The quantitative estimate of drug-likeness (QED) is 0.0965. The molecule has 1 atom stereocenters. The second kappa shape index (κ2) is 17.2. The average Bonchev–Trinajstić information content (AvgIpc) is 3.87. The molecular formula is C45H50N8O6. The molecule has 0 radical (unpaired) electrons. The van der Waals surface area contributed by atoms with Crippen molar-refractivity contribution >= 4 is 23.8 Å². The summed E-state index contributed by atoms with van der Waals surface area (Å²) in [4.78, 5) is 71.3. The molecule has 1 saturated carbocycles. The lowest BCUT2D eigenvalue weighted by molar-refractivity contribution is -0.137. The van der Waals surface area contributed by atoms with Crippen LogP contribution in [0.2, 0.25) is 0 Å². The predicted molar refractivity (Wildman–Crippen MR) is 221 cm³/mol. The van der Waals surface area contributed by atoms with Gasteiger partial charge in [0.25, 0.3) is 0 Å². The third-order valence-corrected chi connectivity index (χ3v) is 11.2. The van der Waals surface area contributed by atoms with E-state index in [1.807, 2.05) is 44.2 Å². The number of aromatic nitrogens is 4. The molecule has 3 heterocycles. The first-order valence-electron chi connectivity index (χ1n) is 20.5. The molecule has 0 saturated heterocycles. The summed E-state index contributed by atoms with van der Waals surface area (Å²) < 4.78 is 11.0. The molecule has 4 N–H and O–H groups in total. The highest BCUT2D eigenvalue weighted by molar-refractivity contribution is 5.90. The van der Waals surface area contributed by atoms with Crippen molar-refractivity contribution in [3.05, 3.63) is 101 Å². The van der Waals surface area contributed by atoms with Gasteiger partial charge in [0.05, 0.1) is 43.5 Å². The predicted octanol–water partition coefficient (Wildman–Crippen LogP) is 6.23. The largest absolute Gasteiger partial charge is 0.488 e. The van der Waals surface area contributed by atoms with Gasteiger partial charge in [-0.05, 0) is 84.5 Å². The van der Waals surface area contributed by atoms with Gasteiger partial charge in [-0.25, -0.2) is 14.8 Å². The van der Waals surface area contributed by atoms with E-state index in [1.165, 1.54) is 12.7 Å². The smallest absolute Gasteiger partial charge is 0.407 e.